The van der Waals surface area contributed by atoms with Crippen molar-refractivity contribution in [2.75, 3.05) is 27.3 Å². The number of benzene rings is 2. The van der Waals surface area contributed by atoms with Gasteiger partial charge in [-0.25, -0.2) is 5.43 Å². The van der Waals surface area contributed by atoms with Crippen LogP contribution >= 0.6 is 23.2 Å². The maximum Gasteiger partial charge on any atom is 0.253 e. The minimum absolute atomic E-state index is 0.105. The molecule has 0 saturated carbocycles. The maximum absolute atomic E-state index is 12.8. The zero-order valence-corrected chi connectivity index (χ0v) is 18.7. The molecule has 9 heteroatoms. The van der Waals surface area contributed by atoms with Gasteiger partial charge in [0.05, 0.1) is 30.5 Å². The number of hydrogen-bond acceptors (Lipinski definition) is 5. The first-order chi connectivity index (χ1) is 14.9. The topological polar surface area (TPSA) is 80.2 Å². The predicted octanol–water partition coefficient (Wildman–Crippen LogP) is 4.01. The number of carbonyl (C=O) groups is 2. The van der Waals surface area contributed by atoms with Crippen LogP contribution in [0.15, 0.2) is 41.5 Å². The van der Waals surface area contributed by atoms with Crippen LogP contribution in [-0.4, -0.2) is 50.2 Å². The Bertz CT molecular complexity index is 968. The fraction of sp³-hybridized carbons (Fsp3) is 0.318. The Hall–Kier alpha value is -2.77. The number of ether oxygens (including phenoxy) is 2. The molecular weight excluding hydrogens is 441 g/mol. The number of piperidine rings is 1. The van der Waals surface area contributed by atoms with E-state index in [0.29, 0.717) is 58.6 Å². The van der Waals surface area contributed by atoms with Crippen molar-refractivity contribution in [1.29, 1.82) is 0 Å². The molecule has 1 N–H and O–H groups in total. The largest absolute Gasteiger partial charge is 0.493 e. The van der Waals surface area contributed by atoms with Crippen LogP contribution in [-0.2, 0) is 4.79 Å². The number of methoxy groups -OCH3 is 2. The smallest absolute Gasteiger partial charge is 0.253 e. The third-order valence-corrected chi connectivity index (χ3v) is 5.81. The zero-order chi connectivity index (χ0) is 22.4. The molecule has 1 heterocycles. The van der Waals surface area contributed by atoms with Crippen LogP contribution in [0.3, 0.4) is 0 Å². The van der Waals surface area contributed by atoms with E-state index in [9.17, 15) is 9.59 Å². The van der Waals surface area contributed by atoms with Crippen LogP contribution in [0.1, 0.15) is 28.8 Å². The van der Waals surface area contributed by atoms with E-state index in [1.165, 1.54) is 13.3 Å². The Morgan fingerprint density at radius 3 is 2.32 bits per heavy atom. The number of halogens is 2. The lowest BCUT2D eigenvalue weighted by atomic mass is 9.95. The van der Waals surface area contributed by atoms with E-state index < -0.39 is 0 Å². The van der Waals surface area contributed by atoms with E-state index >= 15 is 0 Å². The monoisotopic (exact) mass is 463 g/mol. The average molecular weight is 464 g/mol. The van der Waals surface area contributed by atoms with Crippen LogP contribution in [0.4, 0.5) is 0 Å². The highest BCUT2D eigenvalue weighted by molar-refractivity contribution is 6.38. The summed E-state index contributed by atoms with van der Waals surface area (Å²) in [5.41, 5.74) is 3.60. The predicted molar refractivity (Wildman–Crippen MR) is 120 cm³/mol. The van der Waals surface area contributed by atoms with Gasteiger partial charge in [0.25, 0.3) is 5.91 Å². The van der Waals surface area contributed by atoms with Crippen molar-refractivity contribution in [3.05, 3.63) is 57.6 Å². The molecule has 1 aliphatic heterocycles. The molecule has 1 fully saturated rings. The molecular formula is C22H23Cl2N3O4. The Morgan fingerprint density at radius 1 is 1.06 bits per heavy atom. The SMILES string of the molecule is COc1ccc(C(=O)N2CCC(C(=O)N/N=C\c3c(Cl)cccc3Cl)CC2)cc1OC. The van der Waals surface area contributed by atoms with E-state index in [1.807, 2.05) is 0 Å². The summed E-state index contributed by atoms with van der Waals surface area (Å²) in [5, 5.41) is 4.88. The number of hydrazone groups is 1. The van der Waals surface area contributed by atoms with Crippen LogP contribution in [0.2, 0.25) is 10.0 Å². The Balaban J connectivity index is 1.55. The molecule has 2 aromatic rings. The lowest BCUT2D eigenvalue weighted by molar-refractivity contribution is -0.126. The van der Waals surface area contributed by atoms with Crippen molar-refractivity contribution in [2.45, 2.75) is 12.8 Å². The molecule has 0 aromatic heterocycles. The van der Waals surface area contributed by atoms with Gasteiger partial charge >= 0.3 is 0 Å². The molecule has 0 spiro atoms. The molecule has 1 saturated heterocycles. The standard InChI is InChI=1S/C22H23Cl2N3O4/c1-30-19-7-6-15(12-20(19)31-2)22(29)27-10-8-14(9-11-27)21(28)26-25-13-16-17(23)4-3-5-18(16)24/h3-7,12-14H,8-11H2,1-2H3,(H,26,28)/b25-13-. The summed E-state index contributed by atoms with van der Waals surface area (Å²) in [6.07, 6.45) is 2.53. The van der Waals surface area contributed by atoms with E-state index in [-0.39, 0.29) is 17.7 Å². The van der Waals surface area contributed by atoms with Crippen molar-refractivity contribution < 1.29 is 19.1 Å². The second-order valence-electron chi connectivity index (χ2n) is 7.01. The fourth-order valence-corrected chi connectivity index (χ4v) is 3.88. The van der Waals surface area contributed by atoms with Gasteiger partial charge in [0.2, 0.25) is 5.91 Å². The summed E-state index contributed by atoms with van der Waals surface area (Å²) in [5.74, 6) is 0.532. The molecule has 2 aromatic carbocycles. The molecule has 0 aliphatic carbocycles. The second kappa shape index (κ2) is 10.5. The number of likely N-dealkylation sites (tertiary alicyclic amines) is 1. The molecule has 0 bridgehead atoms. The Morgan fingerprint density at radius 2 is 1.71 bits per heavy atom. The summed E-state index contributed by atoms with van der Waals surface area (Å²) >= 11 is 12.2. The van der Waals surface area contributed by atoms with Gasteiger partial charge in [-0.05, 0) is 43.2 Å². The highest BCUT2D eigenvalue weighted by Crippen LogP contribution is 2.29. The van der Waals surface area contributed by atoms with E-state index in [1.54, 1.807) is 48.4 Å². The van der Waals surface area contributed by atoms with Gasteiger partial charge in [0, 0.05) is 30.1 Å². The second-order valence-corrected chi connectivity index (χ2v) is 7.82. The summed E-state index contributed by atoms with van der Waals surface area (Å²) in [4.78, 5) is 27.0. The first-order valence-corrected chi connectivity index (χ1v) is 10.5. The van der Waals surface area contributed by atoms with Crippen LogP contribution < -0.4 is 14.9 Å². The number of hydrogen-bond donors (Lipinski definition) is 1. The number of nitrogens with zero attached hydrogens (tertiary/aromatic N) is 2. The molecule has 164 valence electrons. The van der Waals surface area contributed by atoms with Crippen molar-refractivity contribution in [2.24, 2.45) is 11.0 Å². The lowest BCUT2D eigenvalue weighted by Gasteiger charge is -2.31. The molecule has 0 atom stereocenters. The molecule has 0 unspecified atom stereocenters. The van der Waals surface area contributed by atoms with Crippen molar-refractivity contribution in [3.63, 3.8) is 0 Å². The van der Waals surface area contributed by atoms with Gasteiger partial charge in [-0.3, -0.25) is 9.59 Å². The third-order valence-electron chi connectivity index (χ3n) is 5.15. The third kappa shape index (κ3) is 5.48. The Kier molecular flexibility index (Phi) is 7.76. The number of carbonyl (C=O) groups excluding carboxylic acids is 2. The van der Waals surface area contributed by atoms with E-state index in [4.69, 9.17) is 32.7 Å². The van der Waals surface area contributed by atoms with Crippen molar-refractivity contribution in [3.8, 4) is 11.5 Å². The molecule has 7 nitrogen and oxygen atoms in total. The minimum atomic E-state index is -0.228. The molecule has 2 amide bonds. The first-order valence-electron chi connectivity index (χ1n) is 9.72. The first kappa shape index (κ1) is 22.9. The van der Waals surface area contributed by atoms with Crippen LogP contribution in [0, 0.1) is 5.92 Å². The van der Waals surface area contributed by atoms with Gasteiger partial charge in [0.15, 0.2) is 11.5 Å². The number of amides is 2. The quantitative estimate of drug-likeness (QED) is 0.518. The highest BCUT2D eigenvalue weighted by Gasteiger charge is 2.28. The minimum Gasteiger partial charge on any atom is -0.493 e. The van der Waals surface area contributed by atoms with Crippen LogP contribution in [0.5, 0.6) is 11.5 Å². The maximum atomic E-state index is 12.8. The zero-order valence-electron chi connectivity index (χ0n) is 17.2. The summed E-state index contributed by atoms with van der Waals surface area (Å²) in [6, 6.07) is 10.2. The summed E-state index contributed by atoms with van der Waals surface area (Å²) in [6.45, 7) is 0.955. The number of rotatable bonds is 6. The van der Waals surface area contributed by atoms with Crippen LogP contribution in [0.25, 0.3) is 0 Å². The number of nitrogens with one attached hydrogen (secondary N) is 1. The molecule has 0 radical (unpaired) electrons. The van der Waals surface area contributed by atoms with Crippen molar-refractivity contribution in [1.82, 2.24) is 10.3 Å². The van der Waals surface area contributed by atoms with Gasteiger partial charge in [-0.1, -0.05) is 29.3 Å². The molecule has 1 aliphatic rings. The lowest BCUT2D eigenvalue weighted by Crippen LogP contribution is -2.42. The van der Waals surface area contributed by atoms with Gasteiger partial charge in [-0.15, -0.1) is 0 Å². The molecule has 3 rings (SSSR count). The highest BCUT2D eigenvalue weighted by atomic mass is 35.5. The summed E-state index contributed by atoms with van der Waals surface area (Å²) in [7, 11) is 3.07. The summed E-state index contributed by atoms with van der Waals surface area (Å²) < 4.78 is 10.5. The van der Waals surface area contributed by atoms with Gasteiger partial charge < -0.3 is 14.4 Å². The Labute approximate surface area is 190 Å². The normalized spacial score (nSPS) is 14.5. The molecule has 31 heavy (non-hydrogen) atoms. The van der Waals surface area contributed by atoms with Gasteiger partial charge in [0.1, 0.15) is 0 Å². The van der Waals surface area contributed by atoms with Gasteiger partial charge in [-0.2, -0.15) is 5.10 Å². The fourth-order valence-electron chi connectivity index (χ4n) is 3.38. The van der Waals surface area contributed by atoms with E-state index in [2.05, 4.69) is 10.5 Å². The average Bonchev–Trinajstić information content (AvgIpc) is 2.80. The van der Waals surface area contributed by atoms with Crippen molar-refractivity contribution >= 4 is 41.2 Å². The van der Waals surface area contributed by atoms with E-state index in [0.717, 1.165) is 0 Å².